The molecule has 0 bridgehead atoms. The van der Waals surface area contributed by atoms with E-state index >= 15 is 0 Å². The van der Waals surface area contributed by atoms with Crippen molar-refractivity contribution < 1.29 is 0 Å². The summed E-state index contributed by atoms with van der Waals surface area (Å²) in [7, 11) is 0. The van der Waals surface area contributed by atoms with Crippen LogP contribution in [0.4, 0.5) is 0 Å². The normalized spacial score (nSPS) is 10.9. The standard InChI is InChI=1S/C9H12N4/c1-2-8-11-12-9-5-7(6-10)3-4-13(8)9/h3-5H,2,6,10H2,1H3. The number of aryl methyl sites for hydroxylation is 1. The second-order valence-corrected chi connectivity index (χ2v) is 2.94. The molecule has 0 saturated heterocycles. The van der Waals surface area contributed by atoms with Crippen LogP contribution in [0.1, 0.15) is 18.3 Å². The van der Waals surface area contributed by atoms with E-state index in [1.165, 1.54) is 0 Å². The summed E-state index contributed by atoms with van der Waals surface area (Å²) in [5.41, 5.74) is 7.48. The summed E-state index contributed by atoms with van der Waals surface area (Å²) in [5.74, 6) is 0.985. The number of nitrogens with zero attached hydrogens (tertiary/aromatic N) is 3. The van der Waals surface area contributed by atoms with E-state index in [0.717, 1.165) is 23.5 Å². The molecule has 0 aromatic carbocycles. The van der Waals surface area contributed by atoms with Gasteiger partial charge in [0.2, 0.25) is 0 Å². The highest BCUT2D eigenvalue weighted by molar-refractivity contribution is 5.41. The first-order valence-corrected chi connectivity index (χ1v) is 4.37. The van der Waals surface area contributed by atoms with Crippen molar-refractivity contribution in [2.24, 2.45) is 5.73 Å². The number of hydrogen-bond acceptors (Lipinski definition) is 3. The van der Waals surface area contributed by atoms with Gasteiger partial charge in [0, 0.05) is 19.2 Å². The fraction of sp³-hybridized carbons (Fsp3) is 0.333. The lowest BCUT2D eigenvalue weighted by Crippen LogP contribution is -1.98. The Morgan fingerprint density at radius 1 is 1.46 bits per heavy atom. The van der Waals surface area contributed by atoms with Gasteiger partial charge in [0.25, 0.3) is 0 Å². The minimum absolute atomic E-state index is 0.546. The van der Waals surface area contributed by atoms with Crippen LogP contribution in [0.3, 0.4) is 0 Å². The zero-order chi connectivity index (χ0) is 9.26. The number of pyridine rings is 1. The lowest BCUT2D eigenvalue weighted by Gasteiger charge is -1.98. The van der Waals surface area contributed by atoms with Crippen LogP contribution in [-0.4, -0.2) is 14.6 Å². The van der Waals surface area contributed by atoms with Gasteiger partial charge in [-0.3, -0.25) is 4.40 Å². The van der Waals surface area contributed by atoms with Gasteiger partial charge in [0.1, 0.15) is 5.82 Å². The second-order valence-electron chi connectivity index (χ2n) is 2.94. The van der Waals surface area contributed by atoms with E-state index < -0.39 is 0 Å². The summed E-state index contributed by atoms with van der Waals surface area (Å²) in [6.07, 6.45) is 2.86. The summed E-state index contributed by atoms with van der Waals surface area (Å²) in [5, 5.41) is 8.12. The summed E-state index contributed by atoms with van der Waals surface area (Å²) >= 11 is 0. The summed E-state index contributed by atoms with van der Waals surface area (Å²) in [4.78, 5) is 0. The molecule has 0 saturated carbocycles. The highest BCUT2D eigenvalue weighted by Crippen LogP contribution is 2.06. The van der Waals surface area contributed by atoms with Gasteiger partial charge in [0.05, 0.1) is 0 Å². The minimum Gasteiger partial charge on any atom is -0.326 e. The molecule has 2 aromatic rings. The molecule has 2 aromatic heterocycles. The predicted octanol–water partition coefficient (Wildman–Crippen LogP) is 0.750. The number of fused-ring (bicyclic) bond motifs is 1. The average molecular weight is 176 g/mol. The van der Waals surface area contributed by atoms with Crippen molar-refractivity contribution in [2.75, 3.05) is 0 Å². The average Bonchev–Trinajstić information content (AvgIpc) is 2.59. The highest BCUT2D eigenvalue weighted by atomic mass is 15.2. The molecule has 0 spiro atoms. The molecule has 13 heavy (non-hydrogen) atoms. The Morgan fingerprint density at radius 3 is 3.00 bits per heavy atom. The minimum atomic E-state index is 0.546. The van der Waals surface area contributed by atoms with E-state index in [1.807, 2.05) is 22.7 Å². The van der Waals surface area contributed by atoms with E-state index in [2.05, 4.69) is 17.1 Å². The first-order valence-electron chi connectivity index (χ1n) is 4.37. The SMILES string of the molecule is CCc1nnc2cc(CN)ccn12. The van der Waals surface area contributed by atoms with Crippen LogP contribution in [-0.2, 0) is 13.0 Å². The molecule has 0 aliphatic rings. The largest absolute Gasteiger partial charge is 0.326 e. The maximum absolute atomic E-state index is 5.52. The van der Waals surface area contributed by atoms with Crippen LogP contribution in [0.5, 0.6) is 0 Å². The van der Waals surface area contributed by atoms with Crippen LogP contribution >= 0.6 is 0 Å². The van der Waals surface area contributed by atoms with Gasteiger partial charge in [-0.1, -0.05) is 6.92 Å². The van der Waals surface area contributed by atoms with E-state index in [-0.39, 0.29) is 0 Å². The summed E-state index contributed by atoms with van der Waals surface area (Å²) in [6, 6.07) is 3.96. The lowest BCUT2D eigenvalue weighted by atomic mass is 10.2. The Labute approximate surface area is 76.4 Å². The van der Waals surface area contributed by atoms with Crippen LogP contribution < -0.4 is 5.73 Å². The van der Waals surface area contributed by atoms with Gasteiger partial charge >= 0.3 is 0 Å². The topological polar surface area (TPSA) is 56.2 Å². The molecule has 2 rings (SSSR count). The fourth-order valence-electron chi connectivity index (χ4n) is 1.35. The molecule has 0 amide bonds. The molecule has 68 valence electrons. The molecular formula is C9H12N4. The molecule has 2 heterocycles. The Balaban J connectivity index is 2.61. The molecule has 0 unspecified atom stereocenters. The Bertz CT molecular complexity index is 418. The van der Waals surface area contributed by atoms with Gasteiger partial charge in [-0.15, -0.1) is 10.2 Å². The van der Waals surface area contributed by atoms with Crippen LogP contribution in [0.2, 0.25) is 0 Å². The predicted molar refractivity (Wildman–Crippen MR) is 50.3 cm³/mol. The molecule has 0 fully saturated rings. The Morgan fingerprint density at radius 2 is 2.31 bits per heavy atom. The number of aromatic nitrogens is 3. The summed E-state index contributed by atoms with van der Waals surface area (Å²) < 4.78 is 1.99. The number of nitrogens with two attached hydrogens (primary N) is 1. The Kier molecular flexibility index (Phi) is 1.98. The quantitative estimate of drug-likeness (QED) is 0.734. The zero-order valence-corrected chi connectivity index (χ0v) is 7.57. The second kappa shape index (κ2) is 3.14. The smallest absolute Gasteiger partial charge is 0.161 e. The number of hydrogen-bond donors (Lipinski definition) is 1. The lowest BCUT2D eigenvalue weighted by molar-refractivity contribution is 0.907. The molecule has 0 atom stereocenters. The zero-order valence-electron chi connectivity index (χ0n) is 7.57. The Hall–Kier alpha value is -1.42. The third kappa shape index (κ3) is 1.29. The molecule has 4 heteroatoms. The summed E-state index contributed by atoms with van der Waals surface area (Å²) in [6.45, 7) is 2.61. The van der Waals surface area contributed by atoms with Gasteiger partial charge < -0.3 is 5.73 Å². The first kappa shape index (κ1) is 8.19. The van der Waals surface area contributed by atoms with Gasteiger partial charge in [0.15, 0.2) is 5.65 Å². The molecular weight excluding hydrogens is 164 g/mol. The monoisotopic (exact) mass is 176 g/mol. The van der Waals surface area contributed by atoms with Crippen LogP contribution in [0, 0.1) is 0 Å². The first-order chi connectivity index (χ1) is 6.35. The van der Waals surface area contributed by atoms with Crippen LogP contribution in [0.25, 0.3) is 5.65 Å². The molecule has 0 radical (unpaired) electrons. The molecule has 0 aliphatic heterocycles. The van der Waals surface area contributed by atoms with Crippen molar-refractivity contribution in [3.8, 4) is 0 Å². The molecule has 2 N–H and O–H groups in total. The molecule has 4 nitrogen and oxygen atoms in total. The van der Waals surface area contributed by atoms with Crippen molar-refractivity contribution in [1.82, 2.24) is 14.6 Å². The van der Waals surface area contributed by atoms with Gasteiger partial charge in [-0.2, -0.15) is 0 Å². The maximum atomic E-state index is 5.52. The number of rotatable bonds is 2. The van der Waals surface area contributed by atoms with E-state index in [1.54, 1.807) is 0 Å². The van der Waals surface area contributed by atoms with E-state index in [0.29, 0.717) is 6.54 Å². The van der Waals surface area contributed by atoms with Crippen molar-refractivity contribution in [2.45, 2.75) is 19.9 Å². The van der Waals surface area contributed by atoms with Gasteiger partial charge in [-0.25, -0.2) is 0 Å². The van der Waals surface area contributed by atoms with Crippen LogP contribution in [0.15, 0.2) is 18.3 Å². The van der Waals surface area contributed by atoms with Crippen molar-refractivity contribution in [3.63, 3.8) is 0 Å². The third-order valence-electron chi connectivity index (χ3n) is 2.10. The highest BCUT2D eigenvalue weighted by Gasteiger charge is 2.02. The third-order valence-corrected chi connectivity index (χ3v) is 2.10. The van der Waals surface area contributed by atoms with Gasteiger partial charge in [-0.05, 0) is 17.7 Å². The molecule has 0 aliphatic carbocycles. The van der Waals surface area contributed by atoms with Crippen molar-refractivity contribution >= 4 is 5.65 Å². The van der Waals surface area contributed by atoms with E-state index in [4.69, 9.17) is 5.73 Å². The van der Waals surface area contributed by atoms with E-state index in [9.17, 15) is 0 Å². The van der Waals surface area contributed by atoms with Crippen molar-refractivity contribution in [3.05, 3.63) is 29.7 Å². The fourth-order valence-corrected chi connectivity index (χ4v) is 1.35. The maximum Gasteiger partial charge on any atom is 0.161 e. The van der Waals surface area contributed by atoms with Crippen molar-refractivity contribution in [1.29, 1.82) is 0 Å².